The Bertz CT molecular complexity index is 816. The zero-order valence-electron chi connectivity index (χ0n) is 16.2. The van der Waals surface area contributed by atoms with Crippen LogP contribution in [0.25, 0.3) is 0 Å². The molecule has 3 fully saturated rings. The first-order valence-electron chi connectivity index (χ1n) is 9.47. The first-order valence-corrected chi connectivity index (χ1v) is 9.47. The summed E-state index contributed by atoms with van der Waals surface area (Å²) < 4.78 is 30.0. The standard InChI is InChI=1S/C20H23NO7/c1-19(2)25-12(9-21-16(22)10-7-5-6-8-11(10)17(21)23)13-14(26-19)15-18(24-13)28-20(3,4)27-15/h5-8,12-15,18H,9H2,1-4H3/t12?,13-,14-,15?,18-/m1/s1. The number of hydrogen-bond donors (Lipinski definition) is 0. The molecule has 2 unspecified atom stereocenters. The predicted molar refractivity (Wildman–Crippen MR) is 94.3 cm³/mol. The number of nitrogens with zero attached hydrogens (tertiary/aromatic N) is 1. The number of ether oxygens (including phenoxy) is 5. The summed E-state index contributed by atoms with van der Waals surface area (Å²) in [6.45, 7) is 7.32. The van der Waals surface area contributed by atoms with E-state index in [0.717, 1.165) is 0 Å². The molecule has 4 aliphatic rings. The van der Waals surface area contributed by atoms with E-state index in [1.54, 1.807) is 38.1 Å². The Labute approximate surface area is 162 Å². The van der Waals surface area contributed by atoms with Crippen molar-refractivity contribution in [1.29, 1.82) is 0 Å². The van der Waals surface area contributed by atoms with Gasteiger partial charge in [0.05, 0.1) is 17.7 Å². The minimum absolute atomic E-state index is 0.0726. The molecule has 0 aromatic heterocycles. The zero-order valence-corrected chi connectivity index (χ0v) is 16.2. The van der Waals surface area contributed by atoms with Crippen molar-refractivity contribution in [3.8, 4) is 0 Å². The van der Waals surface area contributed by atoms with Gasteiger partial charge in [-0.3, -0.25) is 14.5 Å². The van der Waals surface area contributed by atoms with Crippen molar-refractivity contribution in [2.45, 2.75) is 70.0 Å². The first-order chi connectivity index (χ1) is 13.2. The fourth-order valence-electron chi connectivity index (χ4n) is 4.45. The average Bonchev–Trinajstić information content (AvgIpc) is 3.17. The lowest BCUT2D eigenvalue weighted by Crippen LogP contribution is -2.59. The third-order valence-corrected chi connectivity index (χ3v) is 5.49. The van der Waals surface area contributed by atoms with Gasteiger partial charge in [-0.05, 0) is 39.8 Å². The van der Waals surface area contributed by atoms with Gasteiger partial charge in [-0.2, -0.15) is 0 Å². The summed E-state index contributed by atoms with van der Waals surface area (Å²) in [5.41, 5.74) is 0.820. The lowest BCUT2D eigenvalue weighted by atomic mass is 10.0. The van der Waals surface area contributed by atoms with Gasteiger partial charge in [0.25, 0.3) is 11.8 Å². The zero-order chi connectivity index (χ0) is 19.8. The van der Waals surface area contributed by atoms with Gasteiger partial charge in [-0.25, -0.2) is 0 Å². The molecular weight excluding hydrogens is 366 g/mol. The van der Waals surface area contributed by atoms with Crippen molar-refractivity contribution in [2.75, 3.05) is 6.54 Å². The Balaban J connectivity index is 1.40. The van der Waals surface area contributed by atoms with Crippen LogP contribution in [0.4, 0.5) is 0 Å². The van der Waals surface area contributed by atoms with Crippen LogP contribution in [0.15, 0.2) is 24.3 Å². The van der Waals surface area contributed by atoms with Gasteiger partial charge in [0.2, 0.25) is 0 Å². The molecule has 3 saturated heterocycles. The normalized spacial score (nSPS) is 37.7. The fourth-order valence-corrected chi connectivity index (χ4v) is 4.45. The third kappa shape index (κ3) is 2.71. The lowest BCUT2D eigenvalue weighted by molar-refractivity contribution is -0.343. The van der Waals surface area contributed by atoms with Crippen LogP contribution in [-0.4, -0.2) is 65.5 Å². The maximum atomic E-state index is 12.7. The Morgan fingerprint density at radius 1 is 0.821 bits per heavy atom. The molecular formula is C20H23NO7. The number of rotatable bonds is 2. The monoisotopic (exact) mass is 389 g/mol. The molecule has 0 saturated carbocycles. The Morgan fingerprint density at radius 3 is 2.04 bits per heavy atom. The Hall–Kier alpha value is -1.84. The van der Waals surface area contributed by atoms with E-state index in [2.05, 4.69) is 0 Å². The summed E-state index contributed by atoms with van der Waals surface area (Å²) >= 11 is 0. The number of carbonyl (C=O) groups excluding carboxylic acids is 2. The highest BCUT2D eigenvalue weighted by atomic mass is 16.9. The summed E-state index contributed by atoms with van der Waals surface area (Å²) in [6, 6.07) is 6.81. The highest BCUT2D eigenvalue weighted by molar-refractivity contribution is 6.21. The van der Waals surface area contributed by atoms with Crippen molar-refractivity contribution in [2.24, 2.45) is 0 Å². The van der Waals surface area contributed by atoms with E-state index >= 15 is 0 Å². The molecule has 5 rings (SSSR count). The number of hydrogen-bond acceptors (Lipinski definition) is 7. The maximum absolute atomic E-state index is 12.7. The summed E-state index contributed by atoms with van der Waals surface area (Å²) in [5, 5.41) is 0. The third-order valence-electron chi connectivity index (χ3n) is 5.49. The molecule has 0 aliphatic carbocycles. The molecule has 4 heterocycles. The second-order valence-electron chi connectivity index (χ2n) is 8.47. The van der Waals surface area contributed by atoms with Crippen LogP contribution in [0.3, 0.4) is 0 Å². The van der Waals surface area contributed by atoms with E-state index in [1.165, 1.54) is 4.90 Å². The molecule has 150 valence electrons. The SMILES string of the molecule is CC1(C)OC2[C@H](O[C@@H]3C(CN4C(=O)c5ccccc5C4=O)OC(C)(C)O[C@@H]23)O1. The largest absolute Gasteiger partial charge is 0.343 e. The molecule has 8 heteroatoms. The molecule has 0 radical (unpaired) electrons. The number of benzene rings is 1. The minimum atomic E-state index is -0.918. The van der Waals surface area contributed by atoms with Crippen LogP contribution >= 0.6 is 0 Å². The predicted octanol–water partition coefficient (Wildman–Crippen LogP) is 1.68. The average molecular weight is 389 g/mol. The van der Waals surface area contributed by atoms with Crippen molar-refractivity contribution < 1.29 is 33.3 Å². The number of imide groups is 1. The Morgan fingerprint density at radius 2 is 1.39 bits per heavy atom. The van der Waals surface area contributed by atoms with E-state index in [0.29, 0.717) is 11.1 Å². The van der Waals surface area contributed by atoms with Crippen LogP contribution in [0.1, 0.15) is 48.4 Å². The topological polar surface area (TPSA) is 83.5 Å². The molecule has 0 N–H and O–H groups in total. The second kappa shape index (κ2) is 5.84. The molecule has 5 atom stereocenters. The second-order valence-corrected chi connectivity index (χ2v) is 8.47. The van der Waals surface area contributed by atoms with Crippen molar-refractivity contribution in [3.63, 3.8) is 0 Å². The molecule has 4 aliphatic heterocycles. The number of carbonyl (C=O) groups is 2. The van der Waals surface area contributed by atoms with Crippen LogP contribution in [-0.2, 0) is 23.7 Å². The van der Waals surface area contributed by atoms with Crippen LogP contribution in [0.5, 0.6) is 0 Å². The highest BCUT2D eigenvalue weighted by Crippen LogP contribution is 2.44. The lowest BCUT2D eigenvalue weighted by Gasteiger charge is -2.44. The van der Waals surface area contributed by atoms with E-state index in [1.807, 2.05) is 13.8 Å². The fraction of sp³-hybridized carbons (Fsp3) is 0.600. The van der Waals surface area contributed by atoms with E-state index in [9.17, 15) is 9.59 Å². The molecule has 2 amide bonds. The van der Waals surface area contributed by atoms with E-state index in [-0.39, 0.29) is 18.4 Å². The van der Waals surface area contributed by atoms with Gasteiger partial charge in [0.1, 0.15) is 24.4 Å². The van der Waals surface area contributed by atoms with Crippen LogP contribution in [0, 0.1) is 0 Å². The smallest absolute Gasteiger partial charge is 0.261 e. The van der Waals surface area contributed by atoms with Gasteiger partial charge >= 0.3 is 0 Å². The molecule has 8 nitrogen and oxygen atoms in total. The van der Waals surface area contributed by atoms with Gasteiger partial charge in [-0.15, -0.1) is 0 Å². The summed E-state index contributed by atoms with van der Waals surface area (Å²) in [7, 11) is 0. The number of fused-ring (bicyclic) bond motifs is 4. The van der Waals surface area contributed by atoms with Gasteiger partial charge in [0, 0.05) is 0 Å². The Kier molecular flexibility index (Phi) is 3.80. The van der Waals surface area contributed by atoms with Crippen molar-refractivity contribution in [1.82, 2.24) is 4.90 Å². The van der Waals surface area contributed by atoms with Crippen LogP contribution in [0.2, 0.25) is 0 Å². The maximum Gasteiger partial charge on any atom is 0.261 e. The molecule has 28 heavy (non-hydrogen) atoms. The first kappa shape index (κ1) is 18.2. The minimum Gasteiger partial charge on any atom is -0.343 e. The number of amides is 2. The van der Waals surface area contributed by atoms with E-state index in [4.69, 9.17) is 23.7 Å². The van der Waals surface area contributed by atoms with Crippen LogP contribution < -0.4 is 0 Å². The summed E-state index contributed by atoms with van der Waals surface area (Å²) in [4.78, 5) is 26.7. The quantitative estimate of drug-likeness (QED) is 0.712. The van der Waals surface area contributed by atoms with E-state index < -0.39 is 42.3 Å². The molecule has 1 aromatic carbocycles. The van der Waals surface area contributed by atoms with Gasteiger partial charge < -0.3 is 23.7 Å². The van der Waals surface area contributed by atoms with Gasteiger partial charge in [-0.1, -0.05) is 12.1 Å². The summed E-state index contributed by atoms with van der Waals surface area (Å²) in [6.07, 6.45) is -2.46. The summed E-state index contributed by atoms with van der Waals surface area (Å²) in [5.74, 6) is -2.32. The molecule has 0 bridgehead atoms. The molecule has 0 spiro atoms. The van der Waals surface area contributed by atoms with Gasteiger partial charge in [0.15, 0.2) is 17.9 Å². The van der Waals surface area contributed by atoms with Crippen molar-refractivity contribution in [3.05, 3.63) is 35.4 Å². The molecule has 1 aromatic rings. The highest BCUT2D eigenvalue weighted by Gasteiger charge is 2.61. The van der Waals surface area contributed by atoms with Crippen molar-refractivity contribution >= 4 is 11.8 Å².